The second kappa shape index (κ2) is 5.17. The van der Waals surface area contributed by atoms with Gasteiger partial charge in [-0.15, -0.1) is 6.42 Å². The topological polar surface area (TPSA) is 55.1 Å². The Morgan fingerprint density at radius 2 is 2.31 bits per heavy atom. The molecule has 0 heterocycles. The number of carbonyl (C=O) groups excluding carboxylic acids is 1. The predicted octanol–water partition coefficient (Wildman–Crippen LogP) is 1.55. The van der Waals surface area contributed by atoms with Gasteiger partial charge in [0.2, 0.25) is 0 Å². The average Bonchev–Trinajstić information content (AvgIpc) is 2.24. The van der Waals surface area contributed by atoms with Crippen LogP contribution in [0.25, 0.3) is 0 Å². The van der Waals surface area contributed by atoms with Crippen LogP contribution in [0.5, 0.6) is 0 Å². The van der Waals surface area contributed by atoms with Gasteiger partial charge in [-0.2, -0.15) is 0 Å². The van der Waals surface area contributed by atoms with E-state index in [-0.39, 0.29) is 17.3 Å². The van der Waals surface area contributed by atoms with E-state index in [0.717, 1.165) is 12.1 Å². The van der Waals surface area contributed by atoms with Crippen LogP contribution in [-0.4, -0.2) is 11.9 Å². The van der Waals surface area contributed by atoms with Crippen LogP contribution in [0, 0.1) is 18.2 Å². The van der Waals surface area contributed by atoms with Gasteiger partial charge in [-0.05, 0) is 24.6 Å². The summed E-state index contributed by atoms with van der Waals surface area (Å²) in [5, 5.41) is 2.59. The number of nitrogens with two attached hydrogens (primary N) is 1. The minimum atomic E-state index is -0.543. The van der Waals surface area contributed by atoms with E-state index in [0.29, 0.717) is 6.42 Å². The zero-order chi connectivity index (χ0) is 12.1. The van der Waals surface area contributed by atoms with E-state index < -0.39 is 11.7 Å². The van der Waals surface area contributed by atoms with Crippen LogP contribution in [0.15, 0.2) is 18.2 Å². The van der Waals surface area contributed by atoms with E-state index in [4.69, 9.17) is 12.2 Å². The number of anilines is 1. The molecule has 1 atom stereocenters. The molecule has 1 rings (SSSR count). The normalized spacial score (nSPS) is 11.6. The van der Waals surface area contributed by atoms with Crippen molar-refractivity contribution in [2.75, 3.05) is 5.73 Å². The zero-order valence-electron chi connectivity index (χ0n) is 8.96. The molecular weight excluding hydrogens is 207 g/mol. The zero-order valence-corrected chi connectivity index (χ0v) is 8.96. The highest BCUT2D eigenvalue weighted by atomic mass is 19.1. The minimum absolute atomic E-state index is 0.172. The molecular formula is C12H13FN2O. The molecule has 3 N–H and O–H groups in total. The molecule has 1 aromatic carbocycles. The van der Waals surface area contributed by atoms with Crippen molar-refractivity contribution in [3.63, 3.8) is 0 Å². The first-order valence-electron chi connectivity index (χ1n) is 4.90. The predicted molar refractivity (Wildman–Crippen MR) is 61.2 cm³/mol. The van der Waals surface area contributed by atoms with E-state index >= 15 is 0 Å². The number of hydrogen-bond acceptors (Lipinski definition) is 2. The lowest BCUT2D eigenvalue weighted by atomic mass is 10.1. The van der Waals surface area contributed by atoms with E-state index in [1.807, 2.05) is 6.92 Å². The number of nitrogen functional groups attached to an aromatic ring is 1. The third-order valence-electron chi connectivity index (χ3n) is 2.10. The summed E-state index contributed by atoms with van der Waals surface area (Å²) in [6.07, 6.45) is 5.82. The largest absolute Gasteiger partial charge is 0.399 e. The number of halogens is 1. The van der Waals surface area contributed by atoms with Gasteiger partial charge in [0.25, 0.3) is 5.91 Å². The fraction of sp³-hybridized carbons (Fsp3) is 0.250. The van der Waals surface area contributed by atoms with Crippen LogP contribution >= 0.6 is 0 Å². The highest BCUT2D eigenvalue weighted by molar-refractivity contribution is 5.95. The summed E-state index contributed by atoms with van der Waals surface area (Å²) in [6, 6.07) is 3.32. The number of rotatable bonds is 3. The Kier molecular flexibility index (Phi) is 3.90. The Hall–Kier alpha value is -2.02. The summed E-state index contributed by atoms with van der Waals surface area (Å²) in [5.41, 5.74) is 5.81. The van der Waals surface area contributed by atoms with Gasteiger partial charge in [0, 0.05) is 11.3 Å². The first-order chi connectivity index (χ1) is 7.56. The van der Waals surface area contributed by atoms with Gasteiger partial charge in [0.15, 0.2) is 0 Å². The molecule has 0 radical (unpaired) electrons. The Labute approximate surface area is 93.8 Å². The van der Waals surface area contributed by atoms with Crippen molar-refractivity contribution in [1.29, 1.82) is 0 Å². The fourth-order valence-electron chi connectivity index (χ4n) is 1.25. The van der Waals surface area contributed by atoms with Crippen LogP contribution in [0.4, 0.5) is 10.1 Å². The molecule has 16 heavy (non-hydrogen) atoms. The number of amides is 1. The van der Waals surface area contributed by atoms with Crippen LogP contribution in [0.1, 0.15) is 23.7 Å². The standard InChI is InChI=1S/C12H13FN2O/c1-3-11(4-2)15-12(16)8-5-9(13)7-10(14)6-8/h1,5-7,11H,4,14H2,2H3,(H,15,16). The smallest absolute Gasteiger partial charge is 0.252 e. The SMILES string of the molecule is C#CC(CC)NC(=O)c1cc(N)cc(F)c1. The first kappa shape index (κ1) is 12.1. The summed E-state index contributed by atoms with van der Waals surface area (Å²) in [4.78, 5) is 11.6. The van der Waals surface area contributed by atoms with Crippen LogP contribution < -0.4 is 11.1 Å². The van der Waals surface area contributed by atoms with Crippen molar-refractivity contribution in [3.8, 4) is 12.3 Å². The molecule has 3 nitrogen and oxygen atoms in total. The van der Waals surface area contributed by atoms with Crippen LogP contribution in [0.2, 0.25) is 0 Å². The van der Waals surface area contributed by atoms with Gasteiger partial charge in [0.05, 0.1) is 6.04 Å². The highest BCUT2D eigenvalue weighted by Gasteiger charge is 2.11. The average molecular weight is 220 g/mol. The lowest BCUT2D eigenvalue weighted by molar-refractivity contribution is 0.0944. The Balaban J connectivity index is 2.85. The molecule has 0 aliphatic heterocycles. The third kappa shape index (κ3) is 2.99. The van der Waals surface area contributed by atoms with Crippen molar-refractivity contribution in [3.05, 3.63) is 29.6 Å². The maximum absolute atomic E-state index is 13.0. The molecule has 1 unspecified atom stereocenters. The molecule has 0 aliphatic rings. The lowest BCUT2D eigenvalue weighted by Crippen LogP contribution is -2.33. The first-order valence-corrected chi connectivity index (χ1v) is 4.90. The molecule has 1 aromatic rings. The summed E-state index contributed by atoms with van der Waals surface area (Å²) >= 11 is 0. The number of nitrogens with one attached hydrogen (secondary N) is 1. The molecule has 1 amide bonds. The summed E-state index contributed by atoms with van der Waals surface area (Å²) in [6.45, 7) is 1.85. The molecule has 0 aliphatic carbocycles. The van der Waals surface area contributed by atoms with Crippen LogP contribution in [0.3, 0.4) is 0 Å². The summed E-state index contributed by atoms with van der Waals surface area (Å²) in [7, 11) is 0. The molecule has 84 valence electrons. The number of hydrogen-bond donors (Lipinski definition) is 2. The maximum atomic E-state index is 13.0. The maximum Gasteiger partial charge on any atom is 0.252 e. The molecule has 0 fully saturated rings. The van der Waals surface area contributed by atoms with Crippen molar-refractivity contribution < 1.29 is 9.18 Å². The monoisotopic (exact) mass is 220 g/mol. The lowest BCUT2D eigenvalue weighted by Gasteiger charge is -2.10. The molecule has 0 saturated carbocycles. The summed E-state index contributed by atoms with van der Waals surface area (Å²) in [5.74, 6) is 1.46. The minimum Gasteiger partial charge on any atom is -0.399 e. The van der Waals surface area contributed by atoms with E-state index in [1.54, 1.807) is 0 Å². The fourth-order valence-corrected chi connectivity index (χ4v) is 1.25. The Morgan fingerprint density at radius 1 is 1.62 bits per heavy atom. The van der Waals surface area contributed by atoms with Gasteiger partial charge in [-0.3, -0.25) is 4.79 Å². The second-order valence-corrected chi connectivity index (χ2v) is 3.37. The van der Waals surface area contributed by atoms with Gasteiger partial charge in [-0.1, -0.05) is 12.8 Å². The van der Waals surface area contributed by atoms with Crippen LogP contribution in [-0.2, 0) is 0 Å². The van der Waals surface area contributed by atoms with E-state index in [9.17, 15) is 9.18 Å². The van der Waals surface area contributed by atoms with Crippen molar-refractivity contribution in [2.24, 2.45) is 0 Å². The van der Waals surface area contributed by atoms with E-state index in [2.05, 4.69) is 11.2 Å². The second-order valence-electron chi connectivity index (χ2n) is 3.37. The van der Waals surface area contributed by atoms with Crippen molar-refractivity contribution in [1.82, 2.24) is 5.32 Å². The quantitative estimate of drug-likeness (QED) is 0.599. The van der Waals surface area contributed by atoms with Gasteiger partial charge in [-0.25, -0.2) is 4.39 Å². The Bertz CT molecular complexity index is 417. The van der Waals surface area contributed by atoms with Gasteiger partial charge >= 0.3 is 0 Å². The third-order valence-corrected chi connectivity index (χ3v) is 2.10. The van der Waals surface area contributed by atoms with Gasteiger partial charge < -0.3 is 11.1 Å². The number of benzene rings is 1. The Morgan fingerprint density at radius 3 is 2.81 bits per heavy atom. The molecule has 0 saturated heterocycles. The number of carbonyl (C=O) groups is 1. The molecule has 4 heteroatoms. The van der Waals surface area contributed by atoms with Crippen molar-refractivity contribution >= 4 is 11.6 Å². The summed E-state index contributed by atoms with van der Waals surface area (Å²) < 4.78 is 13.0. The molecule has 0 bridgehead atoms. The molecule has 0 aromatic heterocycles. The number of terminal acetylenes is 1. The van der Waals surface area contributed by atoms with E-state index in [1.165, 1.54) is 6.07 Å². The van der Waals surface area contributed by atoms with Crippen molar-refractivity contribution in [2.45, 2.75) is 19.4 Å². The highest BCUT2D eigenvalue weighted by Crippen LogP contribution is 2.10. The molecule has 0 spiro atoms. The van der Waals surface area contributed by atoms with Gasteiger partial charge in [0.1, 0.15) is 5.82 Å².